The van der Waals surface area contributed by atoms with Gasteiger partial charge in [0.15, 0.2) is 5.78 Å². The number of carbonyl (C=O) groups excluding carboxylic acids is 2. The van der Waals surface area contributed by atoms with Crippen LogP contribution in [0, 0.1) is 0 Å². The van der Waals surface area contributed by atoms with Gasteiger partial charge in [-0.2, -0.15) is 0 Å². The molecule has 3 aromatic rings. The lowest BCUT2D eigenvalue weighted by Crippen LogP contribution is -2.12. The van der Waals surface area contributed by atoms with E-state index < -0.39 is 11.6 Å². The van der Waals surface area contributed by atoms with Crippen LogP contribution in [0.5, 0.6) is 5.75 Å². The second kappa shape index (κ2) is 6.91. The number of carbonyl (C=O) groups is 2. The van der Waals surface area contributed by atoms with E-state index in [2.05, 4.69) is 0 Å². The van der Waals surface area contributed by atoms with E-state index in [4.69, 9.17) is 20.8 Å². The van der Waals surface area contributed by atoms with Crippen molar-refractivity contribution in [1.29, 1.82) is 0 Å². The third-order valence-electron chi connectivity index (χ3n) is 3.58. The zero-order chi connectivity index (χ0) is 18.0. The van der Waals surface area contributed by atoms with Crippen molar-refractivity contribution in [1.82, 2.24) is 0 Å². The number of Topliss-reactive ketones (excluding diaryl/α,β-unsaturated/α-hetero) is 1. The molecular weight excluding hydrogens is 344 g/mol. The summed E-state index contributed by atoms with van der Waals surface area (Å²) in [5, 5.41) is 1.16. The van der Waals surface area contributed by atoms with E-state index in [0.29, 0.717) is 10.4 Å². The van der Waals surface area contributed by atoms with Crippen LogP contribution in [0.4, 0.5) is 0 Å². The van der Waals surface area contributed by atoms with Gasteiger partial charge >= 0.3 is 11.6 Å². The molecule has 1 heterocycles. The van der Waals surface area contributed by atoms with E-state index in [1.807, 2.05) is 0 Å². The first-order valence-corrected chi connectivity index (χ1v) is 7.84. The molecule has 0 amide bonds. The van der Waals surface area contributed by atoms with E-state index >= 15 is 0 Å². The van der Waals surface area contributed by atoms with Gasteiger partial charge in [-0.15, -0.1) is 0 Å². The van der Waals surface area contributed by atoms with Gasteiger partial charge < -0.3 is 9.15 Å². The van der Waals surface area contributed by atoms with Crippen molar-refractivity contribution in [2.24, 2.45) is 0 Å². The molecule has 0 unspecified atom stereocenters. The van der Waals surface area contributed by atoms with Crippen molar-refractivity contribution in [3.05, 3.63) is 75.1 Å². The van der Waals surface area contributed by atoms with Crippen molar-refractivity contribution in [2.75, 3.05) is 0 Å². The summed E-state index contributed by atoms with van der Waals surface area (Å²) in [5.74, 6) is -0.566. The number of ketones is 1. The second-order valence-electron chi connectivity index (χ2n) is 5.48. The Bertz CT molecular complexity index is 1020. The quantitative estimate of drug-likeness (QED) is 0.308. The van der Waals surface area contributed by atoms with Gasteiger partial charge in [0.25, 0.3) is 0 Å². The number of hydrogen-bond donors (Lipinski definition) is 0. The molecule has 0 bridgehead atoms. The lowest BCUT2D eigenvalue weighted by atomic mass is 10.1. The summed E-state index contributed by atoms with van der Waals surface area (Å²) in [5.41, 5.74) is 0.282. The van der Waals surface area contributed by atoms with Gasteiger partial charge in [0.05, 0.1) is 6.42 Å². The number of halogens is 1. The Morgan fingerprint density at radius 2 is 1.80 bits per heavy atom. The zero-order valence-electron chi connectivity index (χ0n) is 13.2. The van der Waals surface area contributed by atoms with E-state index in [1.54, 1.807) is 36.4 Å². The van der Waals surface area contributed by atoms with Crippen molar-refractivity contribution < 1.29 is 18.7 Å². The van der Waals surface area contributed by atoms with Gasteiger partial charge in [-0.25, -0.2) is 4.79 Å². The van der Waals surface area contributed by atoms with E-state index in [0.717, 1.165) is 5.56 Å². The molecule has 5 nitrogen and oxygen atoms in total. The highest BCUT2D eigenvalue weighted by molar-refractivity contribution is 6.30. The predicted molar refractivity (Wildman–Crippen MR) is 93.3 cm³/mol. The highest BCUT2D eigenvalue weighted by Crippen LogP contribution is 2.21. The topological polar surface area (TPSA) is 73.6 Å². The normalized spacial score (nSPS) is 10.6. The molecule has 0 saturated heterocycles. The molecule has 0 radical (unpaired) electrons. The Labute approximate surface area is 147 Å². The molecular formula is C19H13ClO5. The predicted octanol–water partition coefficient (Wildman–Crippen LogP) is 3.80. The SMILES string of the molecule is CC(=O)c1cc2ccc(OC(=O)Cc3ccc(Cl)cc3)cc2oc1=O. The number of rotatable bonds is 4. The standard InChI is InChI=1S/C19H13ClO5/c1-11(21)16-9-13-4-7-15(10-17(13)25-19(16)23)24-18(22)8-12-2-5-14(20)6-3-12/h2-7,9-10H,8H2,1H3. The minimum Gasteiger partial charge on any atom is -0.426 e. The molecule has 3 rings (SSSR count). The summed E-state index contributed by atoms with van der Waals surface area (Å²) >= 11 is 5.80. The highest BCUT2D eigenvalue weighted by Gasteiger charge is 2.12. The number of benzene rings is 2. The fraction of sp³-hybridized carbons (Fsp3) is 0.105. The van der Waals surface area contributed by atoms with Crippen molar-refractivity contribution in [3.8, 4) is 5.75 Å². The Hall–Kier alpha value is -2.92. The first kappa shape index (κ1) is 16.9. The van der Waals surface area contributed by atoms with Crippen LogP contribution in [-0.2, 0) is 11.2 Å². The Morgan fingerprint density at radius 1 is 1.08 bits per heavy atom. The summed E-state index contributed by atoms with van der Waals surface area (Å²) in [6.45, 7) is 1.30. The van der Waals surface area contributed by atoms with Gasteiger partial charge in [0.2, 0.25) is 0 Å². The van der Waals surface area contributed by atoms with Gasteiger partial charge in [-0.3, -0.25) is 9.59 Å². The van der Waals surface area contributed by atoms with Crippen molar-refractivity contribution in [2.45, 2.75) is 13.3 Å². The van der Waals surface area contributed by atoms with Crippen LogP contribution in [0.1, 0.15) is 22.8 Å². The molecule has 0 aliphatic carbocycles. The number of esters is 1. The molecule has 0 aliphatic rings. The molecule has 2 aromatic carbocycles. The summed E-state index contributed by atoms with van der Waals surface area (Å²) in [4.78, 5) is 35.2. The third-order valence-corrected chi connectivity index (χ3v) is 3.83. The van der Waals surface area contributed by atoms with Gasteiger partial charge in [-0.1, -0.05) is 23.7 Å². The fourth-order valence-corrected chi connectivity index (χ4v) is 2.46. The van der Waals surface area contributed by atoms with Crippen LogP contribution in [-0.4, -0.2) is 11.8 Å². The number of ether oxygens (including phenoxy) is 1. The third kappa shape index (κ3) is 3.95. The summed E-state index contributed by atoms with van der Waals surface area (Å²) in [6.07, 6.45) is 0.0857. The van der Waals surface area contributed by atoms with Crippen LogP contribution in [0.25, 0.3) is 11.0 Å². The van der Waals surface area contributed by atoms with Crippen LogP contribution < -0.4 is 10.4 Å². The first-order valence-electron chi connectivity index (χ1n) is 7.46. The largest absolute Gasteiger partial charge is 0.426 e. The zero-order valence-corrected chi connectivity index (χ0v) is 14.0. The maximum atomic E-state index is 12.0. The average Bonchev–Trinajstić information content (AvgIpc) is 2.56. The maximum Gasteiger partial charge on any atom is 0.347 e. The average molecular weight is 357 g/mol. The minimum atomic E-state index is -0.718. The lowest BCUT2D eigenvalue weighted by molar-refractivity contribution is -0.133. The first-order chi connectivity index (χ1) is 11.9. The molecule has 25 heavy (non-hydrogen) atoms. The van der Waals surface area contributed by atoms with Crippen molar-refractivity contribution >= 4 is 34.3 Å². The minimum absolute atomic E-state index is 0.0139. The van der Waals surface area contributed by atoms with Gasteiger partial charge in [0.1, 0.15) is 16.9 Å². The van der Waals surface area contributed by atoms with Gasteiger partial charge in [-0.05, 0) is 42.8 Å². The highest BCUT2D eigenvalue weighted by atomic mass is 35.5. The van der Waals surface area contributed by atoms with E-state index in [9.17, 15) is 14.4 Å². The second-order valence-corrected chi connectivity index (χ2v) is 5.92. The molecule has 0 atom stereocenters. The molecule has 126 valence electrons. The fourth-order valence-electron chi connectivity index (χ4n) is 2.34. The van der Waals surface area contributed by atoms with Crippen LogP contribution >= 0.6 is 11.6 Å². The number of hydrogen-bond acceptors (Lipinski definition) is 5. The molecule has 6 heteroatoms. The molecule has 0 saturated carbocycles. The van der Waals surface area contributed by atoms with Crippen molar-refractivity contribution in [3.63, 3.8) is 0 Å². The summed E-state index contributed by atoms with van der Waals surface area (Å²) in [7, 11) is 0. The Morgan fingerprint density at radius 3 is 2.48 bits per heavy atom. The smallest absolute Gasteiger partial charge is 0.347 e. The molecule has 1 aromatic heterocycles. The van der Waals surface area contributed by atoms with Crippen LogP contribution in [0.3, 0.4) is 0 Å². The van der Waals surface area contributed by atoms with Gasteiger partial charge in [0, 0.05) is 16.5 Å². The molecule has 0 aliphatic heterocycles. The summed E-state index contributed by atoms with van der Waals surface area (Å²) < 4.78 is 10.4. The molecule has 0 spiro atoms. The Balaban J connectivity index is 1.80. The maximum absolute atomic E-state index is 12.0. The molecule has 0 fully saturated rings. The van der Waals surface area contributed by atoms with E-state index in [-0.39, 0.29) is 29.1 Å². The molecule has 0 N–H and O–H groups in total. The van der Waals surface area contributed by atoms with E-state index in [1.165, 1.54) is 19.1 Å². The number of fused-ring (bicyclic) bond motifs is 1. The van der Waals surface area contributed by atoms with Crippen LogP contribution in [0.2, 0.25) is 5.02 Å². The summed E-state index contributed by atoms with van der Waals surface area (Å²) in [6, 6.07) is 13.0. The Kier molecular flexibility index (Phi) is 4.67. The van der Waals surface area contributed by atoms with Crippen LogP contribution in [0.15, 0.2) is 57.7 Å². The monoisotopic (exact) mass is 356 g/mol. The lowest BCUT2D eigenvalue weighted by Gasteiger charge is -2.06.